The zero-order valence-corrected chi connectivity index (χ0v) is 8.26. The van der Waals surface area contributed by atoms with Crippen molar-refractivity contribution in [3.63, 3.8) is 0 Å². The summed E-state index contributed by atoms with van der Waals surface area (Å²) in [6.45, 7) is 3.58. The monoisotopic (exact) mass is 187 g/mol. The molecule has 0 bridgehead atoms. The second-order valence-electron chi connectivity index (χ2n) is 3.49. The van der Waals surface area contributed by atoms with Gasteiger partial charge < -0.3 is 14.8 Å². The number of hydrogen-bond donors (Lipinski definition) is 1. The van der Waals surface area contributed by atoms with Gasteiger partial charge in [0.15, 0.2) is 0 Å². The average molecular weight is 187 g/mol. The van der Waals surface area contributed by atoms with E-state index in [1.807, 2.05) is 6.92 Å². The molecule has 1 heterocycles. The highest BCUT2D eigenvalue weighted by Gasteiger charge is 2.37. The highest BCUT2D eigenvalue weighted by molar-refractivity contribution is 5.80. The fourth-order valence-electron chi connectivity index (χ4n) is 1.45. The van der Waals surface area contributed by atoms with Crippen molar-refractivity contribution < 1.29 is 14.3 Å². The average Bonchev–Trinajstić information content (AvgIpc) is 2.54. The van der Waals surface area contributed by atoms with Crippen molar-refractivity contribution in [2.45, 2.75) is 25.3 Å². The summed E-state index contributed by atoms with van der Waals surface area (Å²) in [6, 6.07) is 0. The van der Waals surface area contributed by atoms with E-state index in [4.69, 9.17) is 9.47 Å². The fourth-order valence-corrected chi connectivity index (χ4v) is 1.45. The summed E-state index contributed by atoms with van der Waals surface area (Å²) in [5.41, 5.74) is -0.465. The van der Waals surface area contributed by atoms with Crippen LogP contribution in [-0.4, -0.2) is 38.4 Å². The van der Waals surface area contributed by atoms with E-state index in [-0.39, 0.29) is 5.97 Å². The van der Waals surface area contributed by atoms with Crippen molar-refractivity contribution in [3.8, 4) is 0 Å². The molecule has 1 fully saturated rings. The van der Waals surface area contributed by atoms with E-state index < -0.39 is 5.54 Å². The van der Waals surface area contributed by atoms with Gasteiger partial charge in [0.1, 0.15) is 12.1 Å². The fraction of sp³-hybridized carbons (Fsp3) is 0.889. The SMILES string of the molecule is COCCOC(=O)C1(C)CCCN1. The molecule has 0 saturated carbocycles. The molecule has 0 aromatic carbocycles. The lowest BCUT2D eigenvalue weighted by Crippen LogP contribution is -2.45. The Hall–Kier alpha value is -0.610. The first kappa shape index (κ1) is 10.5. The van der Waals surface area contributed by atoms with Crippen LogP contribution in [0.5, 0.6) is 0 Å². The largest absolute Gasteiger partial charge is 0.462 e. The van der Waals surface area contributed by atoms with Crippen LogP contribution in [0.1, 0.15) is 19.8 Å². The minimum absolute atomic E-state index is 0.165. The number of carbonyl (C=O) groups is 1. The summed E-state index contributed by atoms with van der Waals surface area (Å²) < 4.78 is 9.83. The first-order valence-electron chi connectivity index (χ1n) is 4.60. The molecule has 1 atom stereocenters. The van der Waals surface area contributed by atoms with Gasteiger partial charge in [-0.2, -0.15) is 0 Å². The van der Waals surface area contributed by atoms with Crippen molar-refractivity contribution >= 4 is 5.97 Å². The van der Waals surface area contributed by atoms with Crippen molar-refractivity contribution in [3.05, 3.63) is 0 Å². The molecule has 0 aromatic heterocycles. The Balaban J connectivity index is 2.29. The van der Waals surface area contributed by atoms with Crippen LogP contribution in [-0.2, 0) is 14.3 Å². The van der Waals surface area contributed by atoms with E-state index in [0.29, 0.717) is 13.2 Å². The molecular formula is C9H17NO3. The number of methoxy groups -OCH3 is 1. The molecule has 1 saturated heterocycles. The lowest BCUT2D eigenvalue weighted by Gasteiger charge is -2.21. The van der Waals surface area contributed by atoms with Crippen molar-refractivity contribution in [2.75, 3.05) is 26.9 Å². The molecule has 0 radical (unpaired) electrons. The molecule has 0 spiro atoms. The molecule has 76 valence electrons. The van der Waals surface area contributed by atoms with Crippen LogP contribution in [0, 0.1) is 0 Å². The summed E-state index contributed by atoms with van der Waals surface area (Å²) in [5, 5.41) is 3.14. The topological polar surface area (TPSA) is 47.6 Å². The molecule has 0 aliphatic carbocycles. The lowest BCUT2D eigenvalue weighted by atomic mass is 10.0. The number of rotatable bonds is 4. The molecule has 1 aliphatic heterocycles. The Kier molecular flexibility index (Phi) is 3.69. The van der Waals surface area contributed by atoms with Gasteiger partial charge in [0.2, 0.25) is 0 Å². The number of esters is 1. The van der Waals surface area contributed by atoms with Crippen LogP contribution in [0.3, 0.4) is 0 Å². The molecule has 4 heteroatoms. The first-order chi connectivity index (χ1) is 6.19. The quantitative estimate of drug-likeness (QED) is 0.508. The van der Waals surface area contributed by atoms with E-state index in [2.05, 4.69) is 5.32 Å². The van der Waals surface area contributed by atoms with Crippen LogP contribution in [0.2, 0.25) is 0 Å². The molecule has 4 nitrogen and oxygen atoms in total. The summed E-state index contributed by atoms with van der Waals surface area (Å²) >= 11 is 0. The second-order valence-corrected chi connectivity index (χ2v) is 3.49. The van der Waals surface area contributed by atoms with E-state index in [1.165, 1.54) is 0 Å². The second kappa shape index (κ2) is 4.58. The Morgan fingerprint density at radius 3 is 2.85 bits per heavy atom. The van der Waals surface area contributed by atoms with Gasteiger partial charge in [-0.25, -0.2) is 0 Å². The van der Waals surface area contributed by atoms with Gasteiger partial charge in [-0.05, 0) is 26.3 Å². The molecule has 1 N–H and O–H groups in total. The van der Waals surface area contributed by atoms with Crippen molar-refractivity contribution in [1.82, 2.24) is 5.32 Å². The predicted molar refractivity (Wildman–Crippen MR) is 48.5 cm³/mol. The van der Waals surface area contributed by atoms with Crippen LogP contribution < -0.4 is 5.32 Å². The van der Waals surface area contributed by atoms with Gasteiger partial charge in [-0.15, -0.1) is 0 Å². The zero-order valence-electron chi connectivity index (χ0n) is 8.26. The number of hydrogen-bond acceptors (Lipinski definition) is 4. The molecule has 0 amide bonds. The first-order valence-corrected chi connectivity index (χ1v) is 4.60. The molecular weight excluding hydrogens is 170 g/mol. The number of nitrogens with one attached hydrogen (secondary N) is 1. The predicted octanol–water partition coefficient (Wildman–Crippen LogP) is 0.318. The van der Waals surface area contributed by atoms with Crippen LogP contribution in [0.15, 0.2) is 0 Å². The van der Waals surface area contributed by atoms with Crippen molar-refractivity contribution in [1.29, 1.82) is 0 Å². The van der Waals surface area contributed by atoms with Crippen molar-refractivity contribution in [2.24, 2.45) is 0 Å². The van der Waals surface area contributed by atoms with Crippen LogP contribution >= 0.6 is 0 Å². The van der Waals surface area contributed by atoms with Gasteiger partial charge in [0, 0.05) is 7.11 Å². The Morgan fingerprint density at radius 1 is 1.54 bits per heavy atom. The Labute approximate surface area is 78.6 Å². The standard InChI is InChI=1S/C9H17NO3/c1-9(4-3-5-10-9)8(11)13-7-6-12-2/h10H,3-7H2,1-2H3. The van der Waals surface area contributed by atoms with E-state index in [1.54, 1.807) is 7.11 Å². The molecule has 1 unspecified atom stereocenters. The van der Waals surface area contributed by atoms with Gasteiger partial charge in [-0.1, -0.05) is 0 Å². The summed E-state index contributed by atoms with van der Waals surface area (Å²) in [6.07, 6.45) is 1.90. The maximum atomic E-state index is 11.5. The maximum Gasteiger partial charge on any atom is 0.326 e. The molecule has 0 aromatic rings. The third kappa shape index (κ3) is 2.67. The smallest absolute Gasteiger partial charge is 0.326 e. The highest BCUT2D eigenvalue weighted by atomic mass is 16.6. The normalized spacial score (nSPS) is 27.5. The molecule has 13 heavy (non-hydrogen) atoms. The number of carbonyl (C=O) groups excluding carboxylic acids is 1. The lowest BCUT2D eigenvalue weighted by molar-refractivity contribution is -0.151. The van der Waals surface area contributed by atoms with Gasteiger partial charge >= 0.3 is 5.97 Å². The third-order valence-corrected chi connectivity index (χ3v) is 2.34. The summed E-state index contributed by atoms with van der Waals surface area (Å²) in [5.74, 6) is -0.165. The van der Waals surface area contributed by atoms with E-state index in [9.17, 15) is 4.79 Å². The summed E-state index contributed by atoms with van der Waals surface area (Å²) in [7, 11) is 1.59. The molecule has 1 aliphatic rings. The van der Waals surface area contributed by atoms with Gasteiger partial charge in [-0.3, -0.25) is 4.79 Å². The minimum Gasteiger partial charge on any atom is -0.462 e. The molecule has 1 rings (SSSR count). The van der Waals surface area contributed by atoms with Gasteiger partial charge in [0.25, 0.3) is 0 Å². The van der Waals surface area contributed by atoms with E-state index in [0.717, 1.165) is 19.4 Å². The minimum atomic E-state index is -0.465. The van der Waals surface area contributed by atoms with Crippen LogP contribution in [0.25, 0.3) is 0 Å². The third-order valence-electron chi connectivity index (χ3n) is 2.34. The van der Waals surface area contributed by atoms with Crippen LogP contribution in [0.4, 0.5) is 0 Å². The van der Waals surface area contributed by atoms with Gasteiger partial charge in [0.05, 0.1) is 6.61 Å². The zero-order chi connectivity index (χ0) is 9.73. The Bertz CT molecular complexity index is 176. The van der Waals surface area contributed by atoms with E-state index >= 15 is 0 Å². The number of ether oxygens (including phenoxy) is 2. The Morgan fingerprint density at radius 2 is 2.31 bits per heavy atom. The summed E-state index contributed by atoms with van der Waals surface area (Å²) in [4.78, 5) is 11.5. The highest BCUT2D eigenvalue weighted by Crippen LogP contribution is 2.19. The maximum absolute atomic E-state index is 11.5.